The third-order valence-electron chi connectivity index (χ3n) is 4.23. The average Bonchev–Trinajstić information content (AvgIpc) is 3.45. The van der Waals surface area contributed by atoms with Gasteiger partial charge in [0.25, 0.3) is 0 Å². The van der Waals surface area contributed by atoms with Crippen LogP contribution in [0.15, 0.2) is 40.8 Å². The highest BCUT2D eigenvalue weighted by atomic mass is 16.5. The largest absolute Gasteiger partial charge is 0.478 e. The molecule has 2 aliphatic heterocycles. The predicted octanol–water partition coefficient (Wildman–Crippen LogP) is 2.60. The van der Waals surface area contributed by atoms with Crippen LogP contribution in [-0.4, -0.2) is 72.3 Å². The van der Waals surface area contributed by atoms with E-state index in [4.69, 9.17) is 14.9 Å². The lowest BCUT2D eigenvalue weighted by molar-refractivity contribution is -0.113. The van der Waals surface area contributed by atoms with Gasteiger partial charge in [-0.05, 0) is 38.0 Å². The number of nitrogens with zero attached hydrogens (tertiary/aromatic N) is 2. The van der Waals surface area contributed by atoms with Crippen molar-refractivity contribution in [1.29, 1.82) is 0 Å². The van der Waals surface area contributed by atoms with Crippen LogP contribution in [0.5, 0.6) is 0 Å². The third-order valence-corrected chi connectivity index (χ3v) is 4.23. The molecule has 0 bridgehead atoms. The van der Waals surface area contributed by atoms with E-state index in [9.17, 15) is 19.2 Å². The van der Waals surface area contributed by atoms with Crippen molar-refractivity contribution in [3.8, 4) is 0 Å². The molecular weight excluding hydrogens is 432 g/mol. The number of aliphatic imine (C=N–C) groups is 2. The van der Waals surface area contributed by atoms with Crippen molar-refractivity contribution >= 4 is 42.4 Å². The van der Waals surface area contributed by atoms with Gasteiger partial charge in [-0.1, -0.05) is 19.2 Å². The first-order chi connectivity index (χ1) is 15.5. The second-order valence-corrected chi connectivity index (χ2v) is 7.07. The van der Waals surface area contributed by atoms with Gasteiger partial charge in [-0.15, -0.1) is 0 Å². The fourth-order valence-electron chi connectivity index (χ4n) is 2.69. The van der Waals surface area contributed by atoms with Gasteiger partial charge in [0.15, 0.2) is 31.2 Å². The van der Waals surface area contributed by atoms with Gasteiger partial charge in [-0.3, -0.25) is 14.6 Å². The van der Waals surface area contributed by atoms with Crippen LogP contribution in [-0.2, 0) is 19.1 Å². The van der Waals surface area contributed by atoms with Crippen molar-refractivity contribution in [3.63, 3.8) is 0 Å². The molecule has 0 radical (unpaired) electrons. The normalized spacial score (nSPS) is 17.6. The highest BCUT2D eigenvalue weighted by Gasteiger charge is 2.21. The number of hydrogen-bond donors (Lipinski definition) is 2. The Hall–Kier alpha value is -4.08. The van der Waals surface area contributed by atoms with Gasteiger partial charge >= 0.3 is 11.9 Å². The van der Waals surface area contributed by atoms with Gasteiger partial charge in [0, 0.05) is 11.1 Å². The maximum Gasteiger partial charge on any atom is 0.336 e. The van der Waals surface area contributed by atoms with E-state index in [2.05, 4.69) is 27.9 Å². The number of aldehydes is 2. The minimum absolute atomic E-state index is 0.00685. The Balaban J connectivity index is 0.000000271. The van der Waals surface area contributed by atoms with Gasteiger partial charge in [-0.25, -0.2) is 14.6 Å². The number of aryl methyl sites for hydroxylation is 1. The first-order valence-electron chi connectivity index (χ1n) is 9.70. The van der Waals surface area contributed by atoms with Crippen molar-refractivity contribution in [2.75, 3.05) is 13.1 Å². The molecule has 10 nitrogen and oxygen atoms in total. The molecule has 10 heteroatoms. The monoisotopic (exact) mass is 458 g/mol. The summed E-state index contributed by atoms with van der Waals surface area (Å²) in [6.45, 7) is 13.2. The highest BCUT2D eigenvalue weighted by molar-refractivity contribution is 6.02. The standard InChI is InChI=1S/C12H12O4.C7H9NO2.C4H5NO2/c1-6(2)9-8(11(13)14)5-4-7(3)10(9)12(15)16;1-5(2)7-8-3-6(4-9)10-7;6-2-4-1-5-3-7-4/h4-5H,1H2,2-3H3,(H,13,14)(H,15,16);4,6H,1,3H2,2H3;2-4H,1H2. The number of carbonyl (C=O) groups excluding carboxylic acids is 2. The first kappa shape index (κ1) is 27.0. The summed E-state index contributed by atoms with van der Waals surface area (Å²) in [6, 6.07) is 2.88. The van der Waals surface area contributed by atoms with E-state index in [0.29, 0.717) is 30.1 Å². The second-order valence-electron chi connectivity index (χ2n) is 7.07. The van der Waals surface area contributed by atoms with Gasteiger partial charge in [0.1, 0.15) is 0 Å². The Morgan fingerprint density at radius 1 is 1.00 bits per heavy atom. The van der Waals surface area contributed by atoms with Crippen molar-refractivity contribution in [2.45, 2.75) is 33.0 Å². The lowest BCUT2D eigenvalue weighted by atomic mass is 9.92. The van der Waals surface area contributed by atoms with E-state index in [-0.39, 0.29) is 28.9 Å². The molecule has 0 saturated heterocycles. The van der Waals surface area contributed by atoms with E-state index < -0.39 is 11.9 Å². The molecule has 176 valence electrons. The molecule has 3 rings (SSSR count). The van der Waals surface area contributed by atoms with Gasteiger partial charge in [-0.2, -0.15) is 0 Å². The van der Waals surface area contributed by atoms with Crippen LogP contribution in [0.2, 0.25) is 0 Å². The number of carbonyl (C=O) groups is 4. The Kier molecular flexibility index (Phi) is 10.4. The molecule has 2 N–H and O–H groups in total. The molecule has 0 aromatic heterocycles. The minimum atomic E-state index is -1.15. The van der Waals surface area contributed by atoms with Crippen LogP contribution in [0.1, 0.15) is 45.7 Å². The molecule has 2 aliphatic rings. The molecule has 0 spiro atoms. The molecule has 2 heterocycles. The quantitative estimate of drug-likeness (QED) is 0.617. The summed E-state index contributed by atoms with van der Waals surface area (Å²) >= 11 is 0. The fraction of sp³-hybridized carbons (Fsp3) is 0.304. The molecule has 0 saturated carbocycles. The van der Waals surface area contributed by atoms with Crippen LogP contribution in [0, 0.1) is 6.92 Å². The number of carboxylic acids is 2. The summed E-state index contributed by atoms with van der Waals surface area (Å²) in [5, 5.41) is 18.0. The maximum atomic E-state index is 11.1. The Labute approximate surface area is 191 Å². The van der Waals surface area contributed by atoms with Crippen molar-refractivity contribution < 1.29 is 38.9 Å². The van der Waals surface area contributed by atoms with Gasteiger partial charge < -0.3 is 19.7 Å². The summed E-state index contributed by atoms with van der Waals surface area (Å²) in [7, 11) is 0. The van der Waals surface area contributed by atoms with Crippen LogP contribution < -0.4 is 0 Å². The summed E-state index contributed by atoms with van der Waals surface area (Å²) in [6.07, 6.45) is 2.11. The topological polar surface area (TPSA) is 152 Å². The van der Waals surface area contributed by atoms with Gasteiger partial charge in [0.2, 0.25) is 5.90 Å². The zero-order valence-electron chi connectivity index (χ0n) is 18.6. The molecule has 2 unspecified atom stereocenters. The lowest BCUT2D eigenvalue weighted by Gasteiger charge is -2.11. The van der Waals surface area contributed by atoms with Crippen LogP contribution in [0.3, 0.4) is 0 Å². The van der Waals surface area contributed by atoms with Crippen LogP contribution in [0.25, 0.3) is 5.57 Å². The molecule has 2 atom stereocenters. The van der Waals surface area contributed by atoms with Crippen molar-refractivity contribution in [1.82, 2.24) is 0 Å². The molecule has 1 aromatic rings. The number of hydrogen-bond acceptors (Lipinski definition) is 8. The van der Waals surface area contributed by atoms with Crippen LogP contribution in [0.4, 0.5) is 0 Å². The maximum absolute atomic E-state index is 11.1. The summed E-state index contributed by atoms with van der Waals surface area (Å²) in [4.78, 5) is 49.6. The molecular formula is C23H26N2O8. The van der Waals surface area contributed by atoms with Crippen molar-refractivity contribution in [3.05, 3.63) is 53.1 Å². The van der Waals surface area contributed by atoms with E-state index >= 15 is 0 Å². The number of rotatable bonds is 6. The number of benzene rings is 1. The smallest absolute Gasteiger partial charge is 0.336 e. The van der Waals surface area contributed by atoms with E-state index in [1.165, 1.54) is 18.5 Å². The Morgan fingerprint density at radius 2 is 1.64 bits per heavy atom. The zero-order valence-corrected chi connectivity index (χ0v) is 18.6. The molecule has 0 amide bonds. The number of aromatic carboxylic acids is 2. The minimum Gasteiger partial charge on any atom is -0.478 e. The molecule has 0 fully saturated rings. The average molecular weight is 458 g/mol. The number of allylic oxidation sites excluding steroid dienone is 1. The SMILES string of the molecule is C=C(C)C1=NCC(C=O)O1.C=C(C)c1c(C(=O)O)ccc(C)c1C(=O)O.O=CC1CN=CO1. The molecule has 33 heavy (non-hydrogen) atoms. The highest BCUT2D eigenvalue weighted by Crippen LogP contribution is 2.25. The predicted molar refractivity (Wildman–Crippen MR) is 122 cm³/mol. The van der Waals surface area contributed by atoms with E-state index in [0.717, 1.165) is 18.1 Å². The molecule has 0 aliphatic carbocycles. The van der Waals surface area contributed by atoms with Gasteiger partial charge in [0.05, 0.1) is 24.2 Å². The first-order valence-corrected chi connectivity index (χ1v) is 9.70. The Bertz CT molecular complexity index is 1000. The van der Waals surface area contributed by atoms with Crippen molar-refractivity contribution in [2.24, 2.45) is 9.98 Å². The Morgan fingerprint density at radius 3 is 1.97 bits per heavy atom. The fourth-order valence-corrected chi connectivity index (χ4v) is 2.69. The molecule has 1 aromatic carbocycles. The zero-order chi connectivity index (χ0) is 25.1. The lowest BCUT2D eigenvalue weighted by Crippen LogP contribution is -2.14. The summed E-state index contributed by atoms with van der Waals surface area (Å²) in [5.74, 6) is -1.78. The third kappa shape index (κ3) is 7.84. The number of carboxylic acid groups (broad SMARTS) is 2. The summed E-state index contributed by atoms with van der Waals surface area (Å²) < 4.78 is 9.70. The van der Waals surface area contributed by atoms with E-state index in [1.807, 2.05) is 0 Å². The number of ether oxygens (including phenoxy) is 2. The second kappa shape index (κ2) is 12.7. The summed E-state index contributed by atoms with van der Waals surface area (Å²) in [5.41, 5.74) is 1.89. The van der Waals surface area contributed by atoms with E-state index in [1.54, 1.807) is 20.8 Å². The van der Waals surface area contributed by atoms with Crippen LogP contribution >= 0.6 is 0 Å².